The smallest absolute Gasteiger partial charge is 0.306 e. The summed E-state index contributed by atoms with van der Waals surface area (Å²) < 4.78 is 47.3. The molecule has 7 atom stereocenters. The molecule has 8 rings (SSSR count). The van der Waals surface area contributed by atoms with E-state index in [2.05, 4.69) is 16.2 Å². The summed E-state index contributed by atoms with van der Waals surface area (Å²) in [5.41, 5.74) is -0.379. The maximum Gasteiger partial charge on any atom is 0.306 e. The summed E-state index contributed by atoms with van der Waals surface area (Å²) >= 11 is 0. The van der Waals surface area contributed by atoms with Crippen molar-refractivity contribution in [2.45, 2.75) is 147 Å². The molecule has 14 heteroatoms. The summed E-state index contributed by atoms with van der Waals surface area (Å²) in [5, 5.41) is 0.910. The number of Topliss-reactive ketones (excluding diaryl/α,β-unsaturated/α-hetero) is 1. The van der Waals surface area contributed by atoms with Gasteiger partial charge >= 0.3 is 5.97 Å². The van der Waals surface area contributed by atoms with Crippen LogP contribution in [0, 0.1) is 28.6 Å². The van der Waals surface area contributed by atoms with E-state index >= 15 is 0 Å². The molecule has 3 saturated carbocycles. The molecule has 2 amide bonds. The Hall–Kier alpha value is -4.04. The standard InChI is InChI=1S/C48H66N4O9S/c1-6-32-28-48(32,45(56)50-62(57,58)47(5)19-20-47)29-39(53)38-26-33-30-52(38)44(55)36(46(2,3)4)27-41(54)61-40-25-31(40)15-8-7-9-17-35-42(59-24-14-23-51-21-12-13-22-51)34-16-10-11-18-37(34)49-43(35)60-33/h6,10-11,16,18,31-33,36,38,40H,1,7-9,12-15,17,19-30H2,2-5H3,(H,50,56)/t31-,32-,33-,36-,38+,40-,48-/m1/s1. The highest BCUT2D eigenvalue weighted by Gasteiger charge is 2.62. The second kappa shape index (κ2) is 17.5. The average Bonchev–Trinajstić information content (AvgIpc) is 4.17. The van der Waals surface area contributed by atoms with Gasteiger partial charge in [0.25, 0.3) is 0 Å². The SMILES string of the molecule is C=C[C@@H]1C[C@]1(CC(=O)[C@@H]1C[C@@H]2CN1C(=O)[C@H](C(C)(C)C)CC(=O)O[C@@H]1C[C@H]1CCCCCc1c(nc3ccccc3c1OCCCN1CCCC1)O2)C(=O)NS(=O)(=O)C1(C)CC1. The van der Waals surface area contributed by atoms with Crippen LogP contribution in [0.4, 0.5) is 0 Å². The minimum absolute atomic E-state index is 0.0539. The van der Waals surface area contributed by atoms with Crippen molar-refractivity contribution >= 4 is 44.5 Å². The van der Waals surface area contributed by atoms with Crippen LogP contribution in [-0.2, 0) is 40.4 Å². The Morgan fingerprint density at radius 3 is 2.52 bits per heavy atom. The number of fused-ring (bicyclic) bond motifs is 5. The molecular formula is C48H66N4O9S. The van der Waals surface area contributed by atoms with Crippen LogP contribution in [0.15, 0.2) is 36.9 Å². The molecule has 3 aliphatic heterocycles. The fraction of sp³-hybridized carbons (Fsp3) is 0.688. The van der Waals surface area contributed by atoms with Gasteiger partial charge in [-0.1, -0.05) is 51.8 Å². The number of ketones is 1. The number of aromatic nitrogens is 1. The van der Waals surface area contributed by atoms with Gasteiger partial charge in [0, 0.05) is 24.8 Å². The van der Waals surface area contributed by atoms with E-state index in [0.717, 1.165) is 80.4 Å². The molecule has 2 bridgehead atoms. The number of pyridine rings is 1. The molecule has 4 heterocycles. The number of hydrogen-bond acceptors (Lipinski definition) is 11. The van der Waals surface area contributed by atoms with Crippen molar-refractivity contribution in [3.63, 3.8) is 0 Å². The maximum absolute atomic E-state index is 14.9. The number of allylic oxidation sites excluding steroid dienone is 1. The first-order valence-corrected chi connectivity index (χ1v) is 24.7. The van der Waals surface area contributed by atoms with Gasteiger partial charge in [-0.2, -0.15) is 0 Å². The first-order valence-electron chi connectivity index (χ1n) is 23.2. The number of amides is 2. The van der Waals surface area contributed by atoms with E-state index in [1.165, 1.54) is 17.7 Å². The first kappa shape index (κ1) is 44.6. The fourth-order valence-electron chi connectivity index (χ4n) is 10.0. The van der Waals surface area contributed by atoms with Gasteiger partial charge in [-0.3, -0.25) is 23.9 Å². The molecule has 6 aliphatic rings. The molecule has 0 spiro atoms. The number of carbonyl (C=O) groups excluding carboxylic acids is 4. The van der Waals surface area contributed by atoms with Crippen LogP contribution < -0.4 is 14.2 Å². The van der Waals surface area contributed by atoms with Crippen molar-refractivity contribution in [2.24, 2.45) is 28.6 Å². The van der Waals surface area contributed by atoms with Crippen LogP contribution >= 0.6 is 0 Å². The number of benzene rings is 1. The third kappa shape index (κ3) is 9.42. The van der Waals surface area contributed by atoms with Crippen molar-refractivity contribution < 1.29 is 41.8 Å². The van der Waals surface area contributed by atoms with Gasteiger partial charge in [-0.05, 0) is 114 Å². The van der Waals surface area contributed by atoms with Gasteiger partial charge < -0.3 is 24.0 Å². The van der Waals surface area contributed by atoms with Crippen LogP contribution in [0.5, 0.6) is 11.6 Å². The highest BCUT2D eigenvalue weighted by Crippen LogP contribution is 2.57. The van der Waals surface area contributed by atoms with Crippen molar-refractivity contribution in [3.8, 4) is 11.6 Å². The Bertz CT molecular complexity index is 2180. The molecule has 5 fully saturated rings. The van der Waals surface area contributed by atoms with E-state index < -0.39 is 61.5 Å². The van der Waals surface area contributed by atoms with Crippen LogP contribution in [-0.4, -0.2) is 103 Å². The van der Waals surface area contributed by atoms with E-state index in [1.807, 2.05) is 45.0 Å². The van der Waals surface area contributed by atoms with Gasteiger partial charge in [0.1, 0.15) is 18.0 Å². The molecule has 1 N–H and O–H groups in total. The zero-order valence-corrected chi connectivity index (χ0v) is 37.9. The second-order valence-corrected chi connectivity index (χ2v) is 22.6. The van der Waals surface area contributed by atoms with Gasteiger partial charge in [0.05, 0.1) is 52.8 Å². The Balaban J connectivity index is 1.12. The van der Waals surface area contributed by atoms with Crippen molar-refractivity contribution in [3.05, 3.63) is 42.5 Å². The quantitative estimate of drug-likeness (QED) is 0.137. The van der Waals surface area contributed by atoms with Crippen molar-refractivity contribution in [2.75, 3.05) is 32.8 Å². The van der Waals surface area contributed by atoms with Crippen LogP contribution in [0.3, 0.4) is 0 Å². The number of rotatable bonds is 12. The Morgan fingerprint density at radius 2 is 1.81 bits per heavy atom. The molecule has 1 aromatic carbocycles. The molecule has 0 unspecified atom stereocenters. The van der Waals surface area contributed by atoms with Crippen LogP contribution in [0.2, 0.25) is 0 Å². The Morgan fingerprint density at radius 1 is 1.05 bits per heavy atom. The number of para-hydroxylation sites is 1. The lowest BCUT2D eigenvalue weighted by Gasteiger charge is -2.34. The molecular weight excluding hydrogens is 809 g/mol. The van der Waals surface area contributed by atoms with Crippen LogP contribution in [0.25, 0.3) is 10.9 Å². The lowest BCUT2D eigenvalue weighted by Crippen LogP contribution is -2.49. The Labute approximate surface area is 367 Å². The predicted octanol–water partition coefficient (Wildman–Crippen LogP) is 6.70. The lowest BCUT2D eigenvalue weighted by atomic mass is 9.77. The van der Waals surface area contributed by atoms with E-state index in [9.17, 15) is 27.6 Å². The summed E-state index contributed by atoms with van der Waals surface area (Å²) in [4.78, 5) is 66.2. The molecule has 3 aliphatic carbocycles. The van der Waals surface area contributed by atoms with E-state index in [-0.39, 0.29) is 50.0 Å². The third-order valence-corrected chi connectivity index (χ3v) is 16.9. The maximum atomic E-state index is 14.9. The number of nitrogens with one attached hydrogen (secondary N) is 1. The number of hydrogen-bond donors (Lipinski definition) is 1. The lowest BCUT2D eigenvalue weighted by molar-refractivity contribution is -0.154. The summed E-state index contributed by atoms with van der Waals surface area (Å²) in [6, 6.07) is 6.90. The van der Waals surface area contributed by atoms with E-state index in [0.29, 0.717) is 37.7 Å². The highest BCUT2D eigenvalue weighted by atomic mass is 32.2. The number of esters is 1. The number of carbonyl (C=O) groups is 4. The predicted molar refractivity (Wildman–Crippen MR) is 235 cm³/mol. The fourth-order valence-corrected chi connectivity index (χ4v) is 11.4. The topological polar surface area (TPSA) is 162 Å². The van der Waals surface area contributed by atoms with Crippen molar-refractivity contribution in [1.29, 1.82) is 0 Å². The molecule has 62 heavy (non-hydrogen) atoms. The largest absolute Gasteiger partial charge is 0.492 e. The number of nitrogens with zero attached hydrogens (tertiary/aromatic N) is 3. The molecule has 13 nitrogen and oxygen atoms in total. The van der Waals surface area contributed by atoms with Gasteiger partial charge in [-0.15, -0.1) is 6.58 Å². The van der Waals surface area contributed by atoms with Gasteiger partial charge in [0.2, 0.25) is 27.7 Å². The molecule has 338 valence electrons. The minimum atomic E-state index is -3.96. The molecule has 1 aromatic heterocycles. The summed E-state index contributed by atoms with van der Waals surface area (Å²) in [5.74, 6) is -1.60. The number of likely N-dealkylation sites (tertiary alicyclic amines) is 1. The molecule has 2 aromatic rings. The summed E-state index contributed by atoms with van der Waals surface area (Å²) in [6.07, 6.45) is 10.3. The van der Waals surface area contributed by atoms with Crippen LogP contribution in [0.1, 0.15) is 123 Å². The first-order chi connectivity index (χ1) is 29.5. The zero-order chi connectivity index (χ0) is 44.0. The Kier molecular flexibility index (Phi) is 12.6. The highest BCUT2D eigenvalue weighted by molar-refractivity contribution is 7.91. The second-order valence-electron chi connectivity index (χ2n) is 20.5. The normalized spacial score (nSPS) is 30.2. The monoisotopic (exact) mass is 874 g/mol. The van der Waals surface area contributed by atoms with Gasteiger partial charge in [0.15, 0.2) is 5.78 Å². The summed E-state index contributed by atoms with van der Waals surface area (Å²) in [6.45, 7) is 15.0. The summed E-state index contributed by atoms with van der Waals surface area (Å²) in [7, 11) is -3.96. The van der Waals surface area contributed by atoms with E-state index in [1.54, 1.807) is 13.0 Å². The number of sulfonamides is 1. The van der Waals surface area contributed by atoms with E-state index in [4.69, 9.17) is 19.2 Å². The third-order valence-electron chi connectivity index (χ3n) is 14.7. The molecule has 0 radical (unpaired) electrons. The van der Waals surface area contributed by atoms with Crippen molar-refractivity contribution in [1.82, 2.24) is 19.5 Å². The zero-order valence-electron chi connectivity index (χ0n) is 37.1. The number of ether oxygens (including phenoxy) is 3. The molecule has 2 saturated heterocycles. The average molecular weight is 875 g/mol. The van der Waals surface area contributed by atoms with Gasteiger partial charge in [-0.25, -0.2) is 13.4 Å². The minimum Gasteiger partial charge on any atom is -0.492 e.